The van der Waals surface area contributed by atoms with Gasteiger partial charge in [0.15, 0.2) is 0 Å². The van der Waals surface area contributed by atoms with Crippen LogP contribution in [0.4, 0.5) is 0 Å². The highest BCUT2D eigenvalue weighted by atomic mass is 16.2. The highest BCUT2D eigenvalue weighted by molar-refractivity contribution is 5.97. The summed E-state index contributed by atoms with van der Waals surface area (Å²) in [6, 6.07) is 5.18. The lowest BCUT2D eigenvalue weighted by molar-refractivity contribution is -0.130. The average Bonchev–Trinajstić information content (AvgIpc) is 2.90. The van der Waals surface area contributed by atoms with E-state index in [4.69, 9.17) is 0 Å². The van der Waals surface area contributed by atoms with Crippen LogP contribution in [0, 0.1) is 0 Å². The molecule has 1 fully saturated rings. The molecule has 1 aromatic heterocycles. The number of carbonyl (C=O) groups excluding carboxylic acids is 2. The van der Waals surface area contributed by atoms with E-state index in [1.54, 1.807) is 18.2 Å². The number of amides is 2. The standard InChI is InChI=1S/C15H19N5O2/c21-14-4-2-1-3-8-20(14)9-7-16-15(22)11-5-6-12-13(10-11)18-19-17-12/h5-6,10H,1-4,7-9H2,(H,16,22)(H,17,18,19). The van der Waals surface area contributed by atoms with Crippen molar-refractivity contribution in [2.24, 2.45) is 0 Å². The smallest absolute Gasteiger partial charge is 0.251 e. The average molecular weight is 301 g/mol. The first-order valence-corrected chi connectivity index (χ1v) is 7.60. The lowest BCUT2D eigenvalue weighted by atomic mass is 10.2. The van der Waals surface area contributed by atoms with Crippen molar-refractivity contribution in [2.45, 2.75) is 25.7 Å². The van der Waals surface area contributed by atoms with Gasteiger partial charge < -0.3 is 10.2 Å². The second-order valence-corrected chi connectivity index (χ2v) is 5.47. The maximum absolute atomic E-state index is 12.1. The summed E-state index contributed by atoms with van der Waals surface area (Å²) in [5.41, 5.74) is 1.94. The van der Waals surface area contributed by atoms with Gasteiger partial charge in [0.1, 0.15) is 11.0 Å². The number of aromatic nitrogens is 3. The monoisotopic (exact) mass is 301 g/mol. The first kappa shape index (κ1) is 14.5. The van der Waals surface area contributed by atoms with Crippen LogP contribution in [-0.2, 0) is 4.79 Å². The fraction of sp³-hybridized carbons (Fsp3) is 0.467. The van der Waals surface area contributed by atoms with Crippen LogP contribution in [0.5, 0.6) is 0 Å². The summed E-state index contributed by atoms with van der Waals surface area (Å²) in [4.78, 5) is 25.8. The minimum absolute atomic E-state index is 0.160. The number of nitrogens with zero attached hydrogens (tertiary/aromatic N) is 3. The van der Waals surface area contributed by atoms with E-state index in [2.05, 4.69) is 20.7 Å². The molecule has 3 rings (SSSR count). The van der Waals surface area contributed by atoms with Crippen LogP contribution in [0.3, 0.4) is 0 Å². The van der Waals surface area contributed by atoms with Gasteiger partial charge in [-0.3, -0.25) is 9.59 Å². The Morgan fingerprint density at radius 1 is 1.23 bits per heavy atom. The van der Waals surface area contributed by atoms with Gasteiger partial charge in [0.05, 0.1) is 0 Å². The molecule has 1 saturated heterocycles. The van der Waals surface area contributed by atoms with Gasteiger partial charge in [0.2, 0.25) is 5.91 Å². The number of hydrogen-bond acceptors (Lipinski definition) is 4. The Morgan fingerprint density at radius 3 is 3.00 bits per heavy atom. The van der Waals surface area contributed by atoms with Crippen LogP contribution in [-0.4, -0.2) is 51.8 Å². The second kappa shape index (κ2) is 6.55. The Balaban J connectivity index is 1.54. The summed E-state index contributed by atoms with van der Waals surface area (Å²) in [6.45, 7) is 1.82. The Kier molecular flexibility index (Phi) is 4.32. The predicted molar refractivity (Wildman–Crippen MR) is 81.3 cm³/mol. The molecule has 116 valence electrons. The van der Waals surface area contributed by atoms with Crippen molar-refractivity contribution >= 4 is 22.8 Å². The Hall–Kier alpha value is -2.44. The molecule has 2 heterocycles. The minimum Gasteiger partial charge on any atom is -0.350 e. The summed E-state index contributed by atoms with van der Waals surface area (Å²) < 4.78 is 0. The number of benzene rings is 1. The van der Waals surface area contributed by atoms with Crippen LogP contribution in [0.15, 0.2) is 18.2 Å². The summed E-state index contributed by atoms with van der Waals surface area (Å²) in [5, 5.41) is 13.3. The van der Waals surface area contributed by atoms with Crippen molar-refractivity contribution in [3.8, 4) is 0 Å². The van der Waals surface area contributed by atoms with E-state index in [9.17, 15) is 9.59 Å². The third kappa shape index (κ3) is 3.24. The van der Waals surface area contributed by atoms with Crippen LogP contribution < -0.4 is 5.32 Å². The topological polar surface area (TPSA) is 91.0 Å². The van der Waals surface area contributed by atoms with Crippen molar-refractivity contribution in [3.05, 3.63) is 23.8 Å². The molecule has 0 aliphatic carbocycles. The first-order chi connectivity index (χ1) is 10.7. The molecule has 0 saturated carbocycles. The summed E-state index contributed by atoms with van der Waals surface area (Å²) in [5.74, 6) is 0.0305. The number of nitrogens with one attached hydrogen (secondary N) is 2. The molecule has 22 heavy (non-hydrogen) atoms. The Bertz CT molecular complexity index is 681. The number of hydrogen-bond donors (Lipinski definition) is 2. The van der Waals surface area contributed by atoms with E-state index < -0.39 is 0 Å². The van der Waals surface area contributed by atoms with Gasteiger partial charge in [-0.25, -0.2) is 0 Å². The van der Waals surface area contributed by atoms with Gasteiger partial charge in [0, 0.05) is 31.6 Å². The molecular formula is C15H19N5O2. The lowest BCUT2D eigenvalue weighted by Crippen LogP contribution is -2.38. The van der Waals surface area contributed by atoms with Crippen molar-refractivity contribution in [1.82, 2.24) is 25.6 Å². The van der Waals surface area contributed by atoms with Crippen LogP contribution in [0.2, 0.25) is 0 Å². The van der Waals surface area contributed by atoms with Crippen molar-refractivity contribution in [3.63, 3.8) is 0 Å². The van der Waals surface area contributed by atoms with Crippen LogP contribution in [0.1, 0.15) is 36.0 Å². The largest absolute Gasteiger partial charge is 0.350 e. The highest BCUT2D eigenvalue weighted by Crippen LogP contribution is 2.11. The normalized spacial score (nSPS) is 15.8. The van der Waals surface area contributed by atoms with Crippen LogP contribution >= 0.6 is 0 Å². The minimum atomic E-state index is -0.160. The number of H-pyrrole nitrogens is 1. The van der Waals surface area contributed by atoms with E-state index >= 15 is 0 Å². The third-order valence-electron chi connectivity index (χ3n) is 3.92. The Morgan fingerprint density at radius 2 is 2.09 bits per heavy atom. The molecule has 7 nitrogen and oxygen atoms in total. The van der Waals surface area contributed by atoms with Gasteiger partial charge in [-0.05, 0) is 31.0 Å². The third-order valence-corrected chi connectivity index (χ3v) is 3.92. The molecule has 0 bridgehead atoms. The van der Waals surface area contributed by atoms with Gasteiger partial charge in [-0.15, -0.1) is 0 Å². The molecule has 0 spiro atoms. The fourth-order valence-corrected chi connectivity index (χ4v) is 2.66. The maximum Gasteiger partial charge on any atom is 0.251 e. The quantitative estimate of drug-likeness (QED) is 0.884. The molecule has 1 aliphatic heterocycles. The highest BCUT2D eigenvalue weighted by Gasteiger charge is 2.16. The summed E-state index contributed by atoms with van der Waals surface area (Å²) in [6.07, 6.45) is 3.74. The molecule has 0 radical (unpaired) electrons. The van der Waals surface area contributed by atoms with Gasteiger partial charge in [0.25, 0.3) is 5.91 Å². The Labute approximate surface area is 128 Å². The van der Waals surface area contributed by atoms with E-state index in [-0.39, 0.29) is 11.8 Å². The van der Waals surface area contributed by atoms with Gasteiger partial charge >= 0.3 is 0 Å². The second-order valence-electron chi connectivity index (χ2n) is 5.47. The zero-order valence-electron chi connectivity index (χ0n) is 12.3. The van der Waals surface area contributed by atoms with Crippen molar-refractivity contribution < 1.29 is 9.59 Å². The van der Waals surface area contributed by atoms with E-state index in [1.807, 2.05) is 4.90 Å². The predicted octanol–water partition coefficient (Wildman–Crippen LogP) is 1.09. The van der Waals surface area contributed by atoms with E-state index in [0.29, 0.717) is 30.6 Å². The first-order valence-electron chi connectivity index (χ1n) is 7.60. The summed E-state index contributed by atoms with van der Waals surface area (Å²) >= 11 is 0. The summed E-state index contributed by atoms with van der Waals surface area (Å²) in [7, 11) is 0. The fourth-order valence-electron chi connectivity index (χ4n) is 2.66. The molecule has 0 unspecified atom stereocenters. The molecule has 2 N–H and O–H groups in total. The SMILES string of the molecule is O=C(NCCN1CCCCCC1=O)c1ccc2n[nH]nc2c1. The molecule has 1 aromatic carbocycles. The van der Waals surface area contributed by atoms with Crippen molar-refractivity contribution in [1.29, 1.82) is 0 Å². The molecule has 0 atom stereocenters. The van der Waals surface area contributed by atoms with Crippen molar-refractivity contribution in [2.75, 3.05) is 19.6 Å². The zero-order valence-corrected chi connectivity index (χ0v) is 12.3. The van der Waals surface area contributed by atoms with E-state index in [1.165, 1.54) is 0 Å². The number of fused-ring (bicyclic) bond motifs is 1. The number of likely N-dealkylation sites (tertiary alicyclic amines) is 1. The van der Waals surface area contributed by atoms with Gasteiger partial charge in [-0.1, -0.05) is 6.42 Å². The zero-order chi connectivity index (χ0) is 15.4. The molecule has 1 aliphatic rings. The molecule has 2 aromatic rings. The van der Waals surface area contributed by atoms with Gasteiger partial charge in [-0.2, -0.15) is 15.4 Å². The van der Waals surface area contributed by atoms with E-state index in [0.717, 1.165) is 31.3 Å². The number of carbonyl (C=O) groups is 2. The number of rotatable bonds is 4. The molecule has 7 heteroatoms. The maximum atomic E-state index is 12.1. The number of aromatic amines is 1. The van der Waals surface area contributed by atoms with Crippen LogP contribution in [0.25, 0.3) is 11.0 Å². The molecular weight excluding hydrogens is 282 g/mol. The lowest BCUT2D eigenvalue weighted by Gasteiger charge is -2.20. The molecule has 2 amide bonds.